The van der Waals surface area contributed by atoms with Gasteiger partial charge in [-0.25, -0.2) is 14.2 Å². The van der Waals surface area contributed by atoms with E-state index in [2.05, 4.69) is 20.3 Å². The molecular weight excluding hydrogens is 390 g/mol. The van der Waals surface area contributed by atoms with Crippen molar-refractivity contribution in [3.63, 3.8) is 0 Å². The summed E-state index contributed by atoms with van der Waals surface area (Å²) in [5, 5.41) is 7.47. The standard InChI is InChI=1S/C5H11.C3H4F3O2S.C2F3N2O2S/c1-3-5-4-2;1-2-9(7,8)3(4,5)6;3-2(4,5)10(8,9)7-1-6/h5H,3-4H2,1-2H3;2H,1H3;/q3*-1. The van der Waals surface area contributed by atoms with Gasteiger partial charge in [0.25, 0.3) is 10.0 Å². The first kappa shape index (κ1) is 27.7. The zero-order valence-corrected chi connectivity index (χ0v) is 14.3. The van der Waals surface area contributed by atoms with Gasteiger partial charge >= 0.3 is 11.0 Å². The van der Waals surface area contributed by atoms with E-state index >= 15 is 0 Å². The number of hydrogen-bond donors (Lipinski definition) is 0. The van der Waals surface area contributed by atoms with Gasteiger partial charge < -0.3 is 16.2 Å². The second-order valence-corrected chi connectivity index (χ2v) is 7.06. The van der Waals surface area contributed by atoms with Crippen molar-refractivity contribution in [3.05, 3.63) is 17.6 Å². The number of sulfonamides is 1. The summed E-state index contributed by atoms with van der Waals surface area (Å²) < 4.78 is 108. The fourth-order valence-corrected chi connectivity index (χ4v) is 1.01. The summed E-state index contributed by atoms with van der Waals surface area (Å²) in [6, 6.07) is 0.532. The SMILES string of the molecule is CC[CH-]CC.C[CH-]S(=O)(=O)C(F)(F)F.[N-]=C=NS(=O)(=O)C(F)(F)F. The van der Waals surface area contributed by atoms with Crippen LogP contribution in [0.2, 0.25) is 0 Å². The molecule has 0 heterocycles. The summed E-state index contributed by atoms with van der Waals surface area (Å²) in [6.07, 6.45) is 4.69. The van der Waals surface area contributed by atoms with Crippen molar-refractivity contribution in [1.29, 1.82) is 0 Å². The molecule has 14 heteroatoms. The highest BCUT2D eigenvalue weighted by molar-refractivity contribution is 7.94. The lowest BCUT2D eigenvalue weighted by molar-refractivity contribution is -0.0438. The van der Waals surface area contributed by atoms with E-state index in [1.54, 1.807) is 4.40 Å². The van der Waals surface area contributed by atoms with Crippen LogP contribution in [0, 0.1) is 12.2 Å². The fraction of sp³-hybridized carbons (Fsp3) is 0.700. The number of sulfone groups is 1. The molecule has 0 aliphatic rings. The normalized spacial score (nSPS) is 12.0. The monoisotopic (exact) mass is 405 g/mol. The molecule has 6 nitrogen and oxygen atoms in total. The third-order valence-corrected chi connectivity index (χ3v) is 3.84. The predicted molar refractivity (Wildman–Crippen MR) is 75.6 cm³/mol. The van der Waals surface area contributed by atoms with Crippen molar-refractivity contribution in [1.82, 2.24) is 0 Å². The van der Waals surface area contributed by atoms with Gasteiger partial charge in [0, 0.05) is 0 Å². The molecular formula is C10H15F6N2O4S2-3. The summed E-state index contributed by atoms with van der Waals surface area (Å²) >= 11 is 0. The second kappa shape index (κ2) is 11.4. The molecule has 0 aromatic heterocycles. The Hall–Kier alpha value is -1.14. The zero-order valence-electron chi connectivity index (χ0n) is 12.7. The van der Waals surface area contributed by atoms with E-state index in [4.69, 9.17) is 5.41 Å². The van der Waals surface area contributed by atoms with Crippen molar-refractivity contribution >= 4 is 25.9 Å². The maximum absolute atomic E-state index is 11.2. The topological polar surface area (TPSA) is 103 Å². The van der Waals surface area contributed by atoms with Gasteiger partial charge in [-0.1, -0.05) is 13.8 Å². The van der Waals surface area contributed by atoms with Gasteiger partial charge in [-0.3, -0.25) is 8.42 Å². The summed E-state index contributed by atoms with van der Waals surface area (Å²) in [4.78, 5) is 0. The Morgan fingerprint density at radius 3 is 1.38 bits per heavy atom. The first-order chi connectivity index (χ1) is 10.5. The van der Waals surface area contributed by atoms with E-state index in [0.717, 1.165) is 6.92 Å². The van der Waals surface area contributed by atoms with Crippen LogP contribution in [0.3, 0.4) is 0 Å². The van der Waals surface area contributed by atoms with Crippen LogP contribution in [-0.2, 0) is 19.9 Å². The first-order valence-electron chi connectivity index (χ1n) is 5.88. The van der Waals surface area contributed by atoms with Crippen molar-refractivity contribution in [2.24, 2.45) is 4.40 Å². The van der Waals surface area contributed by atoms with Crippen LogP contribution in [0.4, 0.5) is 26.3 Å². The molecule has 24 heavy (non-hydrogen) atoms. The quantitative estimate of drug-likeness (QED) is 0.404. The molecule has 0 aromatic rings. The summed E-state index contributed by atoms with van der Waals surface area (Å²) in [6.45, 7) is 5.13. The Morgan fingerprint density at radius 1 is 0.958 bits per heavy atom. The van der Waals surface area contributed by atoms with Crippen molar-refractivity contribution in [3.8, 4) is 0 Å². The molecule has 0 aliphatic carbocycles. The molecule has 0 atom stereocenters. The Labute approximate surface area is 136 Å². The summed E-state index contributed by atoms with van der Waals surface area (Å²) in [5.74, 6) is 0.118. The predicted octanol–water partition coefficient (Wildman–Crippen LogP) is 3.69. The first-order valence-corrected chi connectivity index (χ1v) is 8.87. The third-order valence-electron chi connectivity index (χ3n) is 1.66. The van der Waals surface area contributed by atoms with Crippen LogP contribution in [0.25, 0.3) is 5.41 Å². The minimum Gasteiger partial charge on any atom is -0.422 e. The number of hydrogen-bond acceptors (Lipinski definition) is 4. The third kappa shape index (κ3) is 12.3. The van der Waals surface area contributed by atoms with Crippen LogP contribution in [0.1, 0.15) is 33.6 Å². The molecule has 0 saturated carbocycles. The smallest absolute Gasteiger partial charge is 0.422 e. The van der Waals surface area contributed by atoms with Crippen molar-refractivity contribution in [2.45, 2.75) is 44.6 Å². The molecule has 0 bridgehead atoms. The fourth-order valence-electron chi connectivity index (χ4n) is 0.528. The van der Waals surface area contributed by atoms with Gasteiger partial charge in [0.2, 0.25) is 0 Å². The average Bonchev–Trinajstić information content (AvgIpc) is 2.38. The van der Waals surface area contributed by atoms with E-state index in [0.29, 0.717) is 6.01 Å². The van der Waals surface area contributed by atoms with E-state index in [9.17, 15) is 43.2 Å². The summed E-state index contributed by atoms with van der Waals surface area (Å²) in [7, 11) is -10.5. The largest absolute Gasteiger partial charge is 0.500 e. The number of halogens is 6. The molecule has 0 N–H and O–H groups in total. The molecule has 0 saturated heterocycles. The summed E-state index contributed by atoms with van der Waals surface area (Å²) in [5.41, 5.74) is -10.6. The second-order valence-electron chi connectivity index (χ2n) is 3.44. The van der Waals surface area contributed by atoms with Crippen LogP contribution in [0.5, 0.6) is 0 Å². The molecule has 0 spiro atoms. The lowest BCUT2D eigenvalue weighted by atomic mass is 10.3. The lowest BCUT2D eigenvalue weighted by Gasteiger charge is -2.11. The van der Waals surface area contributed by atoms with Gasteiger partial charge in [0.15, 0.2) is 0 Å². The Kier molecular flexibility index (Phi) is 13.2. The van der Waals surface area contributed by atoms with Gasteiger partial charge in [0.1, 0.15) is 9.84 Å². The van der Waals surface area contributed by atoms with Gasteiger partial charge in [-0.05, 0) is 0 Å². The lowest BCUT2D eigenvalue weighted by Crippen LogP contribution is -2.21. The van der Waals surface area contributed by atoms with Crippen LogP contribution in [-0.4, -0.2) is 33.9 Å². The van der Waals surface area contributed by atoms with E-state index in [1.807, 2.05) is 0 Å². The number of unbranched alkanes of at least 4 members (excludes halogenated alkanes) is 2. The minimum atomic E-state index is -5.58. The molecule has 0 rings (SSSR count). The number of rotatable bonds is 4. The number of alkyl halides is 6. The zero-order chi connectivity index (χ0) is 20.2. The average molecular weight is 405 g/mol. The van der Waals surface area contributed by atoms with Crippen LogP contribution in [0.15, 0.2) is 4.40 Å². The molecule has 0 aliphatic heterocycles. The molecule has 0 fully saturated rings. The molecule has 0 amide bonds. The van der Waals surface area contributed by atoms with Gasteiger partial charge in [-0.2, -0.15) is 46.1 Å². The highest BCUT2D eigenvalue weighted by Crippen LogP contribution is 2.25. The Bertz CT molecular complexity index is 588. The molecule has 0 radical (unpaired) electrons. The Morgan fingerprint density at radius 2 is 1.33 bits per heavy atom. The molecule has 146 valence electrons. The van der Waals surface area contributed by atoms with Gasteiger partial charge in [-0.15, -0.1) is 6.01 Å². The highest BCUT2D eigenvalue weighted by atomic mass is 32.2. The molecule has 0 aromatic carbocycles. The maximum Gasteiger partial charge on any atom is 0.500 e. The molecule has 0 unspecified atom stereocenters. The van der Waals surface area contributed by atoms with E-state index in [1.165, 1.54) is 12.8 Å². The van der Waals surface area contributed by atoms with E-state index in [-0.39, 0.29) is 5.75 Å². The maximum atomic E-state index is 11.2. The minimum absolute atomic E-state index is 0.118. The van der Waals surface area contributed by atoms with Gasteiger partial charge in [0.05, 0.1) is 0 Å². The Balaban J connectivity index is -0.000000291. The van der Waals surface area contributed by atoms with Crippen molar-refractivity contribution < 1.29 is 43.2 Å². The van der Waals surface area contributed by atoms with Crippen LogP contribution >= 0.6 is 0 Å². The van der Waals surface area contributed by atoms with Crippen molar-refractivity contribution in [2.75, 3.05) is 0 Å². The van der Waals surface area contributed by atoms with E-state index < -0.39 is 30.9 Å². The number of nitrogens with zero attached hydrogens (tertiary/aromatic N) is 2. The van der Waals surface area contributed by atoms with Crippen LogP contribution < -0.4 is 0 Å². The highest BCUT2D eigenvalue weighted by Gasteiger charge is 2.41.